The second-order valence-corrected chi connectivity index (χ2v) is 22.5. The first-order valence-corrected chi connectivity index (χ1v) is 32.0. The molecular weight excluding hydrogens is 1000 g/mol. The van der Waals surface area contributed by atoms with Crippen molar-refractivity contribution in [3.63, 3.8) is 0 Å². The van der Waals surface area contributed by atoms with Gasteiger partial charge in [-0.1, -0.05) is 235 Å². The van der Waals surface area contributed by atoms with Gasteiger partial charge in [-0.15, -0.1) is 0 Å². The van der Waals surface area contributed by atoms with Crippen LogP contribution >= 0.6 is 0 Å². The molecule has 2 saturated heterocycles. The number of nitrogens with one attached hydrogen (secondary N) is 1. The summed E-state index contributed by atoms with van der Waals surface area (Å²) in [5, 5.41) is 87.1. The number of aliphatic hydroxyl groups is 8. The summed E-state index contributed by atoms with van der Waals surface area (Å²) in [7, 11) is 0. The van der Waals surface area contributed by atoms with Gasteiger partial charge in [-0.2, -0.15) is 0 Å². The first kappa shape index (κ1) is 72.8. The number of ether oxygens (including phenoxy) is 4. The highest BCUT2D eigenvalue weighted by molar-refractivity contribution is 5.76. The number of carbonyl (C=O) groups excluding carboxylic acids is 1. The fraction of sp³-hybridized carbons (Fsp3) is 0.831. The highest BCUT2D eigenvalue weighted by Crippen LogP contribution is 2.30. The molecule has 2 fully saturated rings. The van der Waals surface area contributed by atoms with Gasteiger partial charge in [-0.05, 0) is 70.6 Å². The number of hydrogen-bond acceptors (Lipinski definition) is 13. The summed E-state index contributed by atoms with van der Waals surface area (Å²) in [6.45, 7) is 2.73. The number of hydrogen-bond donors (Lipinski definition) is 9. The Bertz CT molecular complexity index is 1560. The molecule has 14 heteroatoms. The Kier molecular flexibility index (Phi) is 46.3. The molecule has 0 radical (unpaired) electrons. The molecule has 2 aliphatic rings. The highest BCUT2D eigenvalue weighted by atomic mass is 16.7. The molecule has 0 aromatic rings. The van der Waals surface area contributed by atoms with Crippen molar-refractivity contribution in [1.82, 2.24) is 5.32 Å². The van der Waals surface area contributed by atoms with Crippen molar-refractivity contribution in [2.24, 2.45) is 0 Å². The van der Waals surface area contributed by atoms with Crippen molar-refractivity contribution in [3.05, 3.63) is 60.8 Å². The minimum atomic E-state index is -1.80. The second-order valence-electron chi connectivity index (χ2n) is 22.5. The smallest absolute Gasteiger partial charge is 0.220 e. The van der Waals surface area contributed by atoms with Gasteiger partial charge in [-0.3, -0.25) is 4.79 Å². The molecule has 0 saturated carbocycles. The Balaban J connectivity index is 1.71. The fourth-order valence-electron chi connectivity index (χ4n) is 10.2. The minimum absolute atomic E-state index is 0.252. The van der Waals surface area contributed by atoms with E-state index in [0.717, 1.165) is 70.6 Å². The lowest BCUT2D eigenvalue weighted by Crippen LogP contribution is -2.65. The van der Waals surface area contributed by atoms with Crippen LogP contribution in [0.25, 0.3) is 0 Å². The maximum atomic E-state index is 13.2. The first-order valence-electron chi connectivity index (χ1n) is 32.0. The zero-order valence-corrected chi connectivity index (χ0v) is 49.6. The summed E-state index contributed by atoms with van der Waals surface area (Å²) in [5.41, 5.74) is 0. The van der Waals surface area contributed by atoms with E-state index in [1.54, 1.807) is 6.08 Å². The third-order valence-corrected chi connectivity index (χ3v) is 15.4. The van der Waals surface area contributed by atoms with Gasteiger partial charge in [0.1, 0.15) is 48.8 Å². The van der Waals surface area contributed by atoms with Crippen LogP contribution in [-0.4, -0.2) is 140 Å². The minimum Gasteiger partial charge on any atom is -0.394 e. The third-order valence-electron chi connectivity index (χ3n) is 15.4. The molecule has 2 rings (SSSR count). The van der Waals surface area contributed by atoms with Crippen molar-refractivity contribution >= 4 is 5.91 Å². The Morgan fingerprint density at radius 1 is 0.456 bits per heavy atom. The van der Waals surface area contributed by atoms with Gasteiger partial charge in [0.25, 0.3) is 0 Å². The summed E-state index contributed by atoms with van der Waals surface area (Å²) in [5.74, 6) is -0.268. The predicted molar refractivity (Wildman–Crippen MR) is 318 cm³/mol. The molecule has 9 N–H and O–H groups in total. The summed E-state index contributed by atoms with van der Waals surface area (Å²) < 4.78 is 22.7. The van der Waals surface area contributed by atoms with Crippen LogP contribution in [0.2, 0.25) is 0 Å². The standard InChI is InChI=1S/C65H117NO13/c1-3-5-7-9-11-13-15-17-19-20-21-22-23-24-25-26-27-28-29-30-31-32-33-34-35-36-38-40-42-44-46-48-54(69)53(66-57(70)49-47-45-43-41-39-37-18-16-14-12-10-8-6-4-2)52-76-64-62(75)60(73)63(56(51-68)78-64)79-65-61(74)59(72)58(71)55(50-67)77-65/h10,12,16,18,33-34,38,40,46,48,53-56,58-65,67-69,71-75H,3-9,11,13-15,17,19-32,35-37,39,41-45,47,49-52H2,1-2H3,(H,66,70)/b12-10-,18-16-,34-33+,40-38+,48-46+. The van der Waals surface area contributed by atoms with E-state index in [-0.39, 0.29) is 18.9 Å². The maximum Gasteiger partial charge on any atom is 0.220 e. The van der Waals surface area contributed by atoms with E-state index in [1.165, 1.54) is 148 Å². The lowest BCUT2D eigenvalue weighted by atomic mass is 9.97. The molecule has 12 atom stereocenters. The van der Waals surface area contributed by atoms with Crippen LogP contribution < -0.4 is 5.32 Å². The van der Waals surface area contributed by atoms with Gasteiger partial charge in [-0.25, -0.2) is 0 Å². The van der Waals surface area contributed by atoms with E-state index in [4.69, 9.17) is 18.9 Å². The Morgan fingerprint density at radius 3 is 1.35 bits per heavy atom. The molecule has 0 aromatic heterocycles. The summed E-state index contributed by atoms with van der Waals surface area (Å²) >= 11 is 0. The molecule has 79 heavy (non-hydrogen) atoms. The number of amides is 1. The number of unbranched alkanes of at least 4 members (excludes halogenated alkanes) is 30. The van der Waals surface area contributed by atoms with Gasteiger partial charge in [0, 0.05) is 6.42 Å². The van der Waals surface area contributed by atoms with Gasteiger partial charge in [0.05, 0.1) is 32.0 Å². The summed E-state index contributed by atoms with van der Waals surface area (Å²) in [6, 6.07) is -0.948. The Morgan fingerprint density at radius 2 is 0.861 bits per heavy atom. The normalized spacial score (nSPS) is 24.8. The van der Waals surface area contributed by atoms with Crippen LogP contribution in [0.4, 0.5) is 0 Å². The summed E-state index contributed by atoms with van der Waals surface area (Å²) in [6.07, 6.45) is 48.6. The summed E-state index contributed by atoms with van der Waals surface area (Å²) in [4.78, 5) is 13.2. The van der Waals surface area contributed by atoms with Crippen LogP contribution in [0.5, 0.6) is 0 Å². The predicted octanol–water partition coefficient (Wildman–Crippen LogP) is 11.7. The van der Waals surface area contributed by atoms with Crippen molar-refractivity contribution in [2.75, 3.05) is 19.8 Å². The third kappa shape index (κ3) is 35.4. The van der Waals surface area contributed by atoms with E-state index in [9.17, 15) is 45.6 Å². The van der Waals surface area contributed by atoms with Crippen LogP contribution in [0.15, 0.2) is 60.8 Å². The van der Waals surface area contributed by atoms with Gasteiger partial charge >= 0.3 is 0 Å². The van der Waals surface area contributed by atoms with Gasteiger partial charge < -0.3 is 65.1 Å². The SMILES string of the molecule is CCCC/C=C\C/C=C\CCCCCCCC(=O)NC(COC1OC(CO)C(OC2OC(CO)C(O)C(O)C2O)C(O)C1O)C(O)/C=C/CC/C=C/CC/C=C/CCCCCCCCCCCCCCCCCCCCCCC. The molecule has 0 aliphatic carbocycles. The molecule has 0 spiro atoms. The van der Waals surface area contributed by atoms with E-state index in [0.29, 0.717) is 12.8 Å². The molecule has 0 bridgehead atoms. The van der Waals surface area contributed by atoms with Gasteiger partial charge in [0.2, 0.25) is 5.91 Å². The number of rotatable bonds is 51. The molecule has 14 nitrogen and oxygen atoms in total. The number of allylic oxidation sites excluding steroid dienone is 9. The van der Waals surface area contributed by atoms with E-state index in [1.807, 2.05) is 6.08 Å². The fourth-order valence-corrected chi connectivity index (χ4v) is 10.2. The van der Waals surface area contributed by atoms with Crippen LogP contribution in [-0.2, 0) is 23.7 Å². The Labute approximate surface area is 479 Å². The van der Waals surface area contributed by atoms with Crippen LogP contribution in [0, 0.1) is 0 Å². The van der Waals surface area contributed by atoms with Crippen molar-refractivity contribution < 1.29 is 64.6 Å². The zero-order valence-electron chi connectivity index (χ0n) is 49.6. The molecule has 1 amide bonds. The monoisotopic (exact) mass is 1120 g/mol. The van der Waals surface area contributed by atoms with Crippen molar-refractivity contribution in [1.29, 1.82) is 0 Å². The zero-order chi connectivity index (χ0) is 57.4. The van der Waals surface area contributed by atoms with Crippen molar-refractivity contribution in [2.45, 2.75) is 325 Å². The highest BCUT2D eigenvalue weighted by Gasteiger charge is 2.51. The molecule has 0 aromatic carbocycles. The first-order chi connectivity index (χ1) is 38.6. The molecular formula is C65H117NO13. The van der Waals surface area contributed by atoms with Crippen LogP contribution in [0.3, 0.4) is 0 Å². The quantitative estimate of drug-likeness (QED) is 0.0204. The number of aliphatic hydroxyl groups excluding tert-OH is 8. The maximum absolute atomic E-state index is 13.2. The lowest BCUT2D eigenvalue weighted by Gasteiger charge is -2.46. The van der Waals surface area contributed by atoms with Crippen LogP contribution in [0.1, 0.15) is 251 Å². The average molecular weight is 1120 g/mol. The topological polar surface area (TPSA) is 228 Å². The largest absolute Gasteiger partial charge is 0.394 e. The molecule has 12 unspecified atom stereocenters. The van der Waals surface area contributed by atoms with E-state index >= 15 is 0 Å². The Hall–Kier alpha value is -2.31. The number of carbonyl (C=O) groups is 1. The second kappa shape index (κ2) is 50.2. The molecule has 2 aliphatic heterocycles. The molecule has 2 heterocycles. The van der Waals surface area contributed by atoms with E-state index < -0.39 is 86.8 Å². The lowest BCUT2D eigenvalue weighted by molar-refractivity contribution is -0.359. The average Bonchev–Trinajstić information content (AvgIpc) is 3.48. The van der Waals surface area contributed by atoms with E-state index in [2.05, 4.69) is 67.8 Å². The van der Waals surface area contributed by atoms with Crippen molar-refractivity contribution in [3.8, 4) is 0 Å². The molecule has 460 valence electrons. The van der Waals surface area contributed by atoms with Gasteiger partial charge in [0.15, 0.2) is 12.6 Å².